The van der Waals surface area contributed by atoms with Crippen molar-refractivity contribution in [1.82, 2.24) is 24.1 Å². The van der Waals surface area contributed by atoms with Crippen molar-refractivity contribution >= 4 is 21.7 Å². The molecule has 0 radical (unpaired) electrons. The molecule has 0 atom stereocenters. The SMILES string of the molecule is CCc1cc(=O)[nH]c(-n2nc(C)cc2NC(=O)c2ccc(S(=O)(=O)N(CC)CC)cc2)n1. The molecule has 0 aliphatic carbocycles. The van der Waals surface area contributed by atoms with Gasteiger partial charge in [-0.25, -0.2) is 13.4 Å². The second kappa shape index (κ2) is 9.45. The fourth-order valence-electron chi connectivity index (χ4n) is 3.20. The first-order valence-corrected chi connectivity index (χ1v) is 11.7. The first kappa shape index (κ1) is 23.4. The van der Waals surface area contributed by atoms with Gasteiger partial charge in [-0.05, 0) is 37.6 Å². The van der Waals surface area contributed by atoms with Crippen LogP contribution in [0.2, 0.25) is 0 Å². The predicted octanol–water partition coefficient (Wildman–Crippen LogP) is 2.11. The lowest BCUT2D eigenvalue weighted by Gasteiger charge is -2.18. The molecule has 0 saturated carbocycles. The Balaban J connectivity index is 1.88. The summed E-state index contributed by atoms with van der Waals surface area (Å²) >= 11 is 0. The first-order valence-electron chi connectivity index (χ1n) is 10.3. The molecule has 2 heterocycles. The summed E-state index contributed by atoms with van der Waals surface area (Å²) in [6.45, 7) is 7.89. The number of amides is 1. The Morgan fingerprint density at radius 3 is 2.38 bits per heavy atom. The lowest BCUT2D eigenvalue weighted by atomic mass is 10.2. The molecule has 0 unspecified atom stereocenters. The Hall–Kier alpha value is -3.31. The molecule has 0 saturated heterocycles. The van der Waals surface area contributed by atoms with Crippen molar-refractivity contribution in [3.63, 3.8) is 0 Å². The van der Waals surface area contributed by atoms with Crippen LogP contribution in [-0.4, -0.2) is 51.5 Å². The van der Waals surface area contributed by atoms with Gasteiger partial charge in [0.05, 0.1) is 10.6 Å². The minimum atomic E-state index is -3.61. The van der Waals surface area contributed by atoms with Crippen molar-refractivity contribution in [2.45, 2.75) is 39.0 Å². The summed E-state index contributed by atoms with van der Waals surface area (Å²) in [7, 11) is -3.61. The number of carbonyl (C=O) groups is 1. The van der Waals surface area contributed by atoms with E-state index in [4.69, 9.17) is 0 Å². The van der Waals surface area contributed by atoms with Gasteiger partial charge < -0.3 is 5.32 Å². The topological polar surface area (TPSA) is 130 Å². The summed E-state index contributed by atoms with van der Waals surface area (Å²) in [6.07, 6.45) is 0.571. The van der Waals surface area contributed by atoms with Gasteiger partial charge in [-0.2, -0.15) is 14.1 Å². The standard InChI is InChI=1S/C21H26N6O4S/c1-5-16-13-19(28)24-21(22-16)27-18(12-14(4)25-27)23-20(29)15-8-10-17(11-9-15)32(30,31)26(6-2)7-3/h8-13H,5-7H2,1-4H3,(H,23,29)(H,22,24,28). The van der Waals surface area contributed by atoms with Crippen molar-refractivity contribution in [2.75, 3.05) is 18.4 Å². The van der Waals surface area contributed by atoms with E-state index in [9.17, 15) is 18.0 Å². The van der Waals surface area contributed by atoms with Crippen LogP contribution in [0.5, 0.6) is 0 Å². The molecule has 3 aromatic rings. The van der Waals surface area contributed by atoms with E-state index in [1.807, 2.05) is 6.92 Å². The van der Waals surface area contributed by atoms with Crippen LogP contribution < -0.4 is 10.9 Å². The monoisotopic (exact) mass is 458 g/mol. The third-order valence-corrected chi connectivity index (χ3v) is 6.94. The number of H-pyrrole nitrogens is 1. The molecular weight excluding hydrogens is 432 g/mol. The number of nitrogens with zero attached hydrogens (tertiary/aromatic N) is 4. The van der Waals surface area contributed by atoms with Gasteiger partial charge in [0.25, 0.3) is 11.5 Å². The highest BCUT2D eigenvalue weighted by molar-refractivity contribution is 7.89. The second-order valence-corrected chi connectivity index (χ2v) is 9.00. The van der Waals surface area contributed by atoms with Gasteiger partial charge in [0.15, 0.2) is 0 Å². The summed E-state index contributed by atoms with van der Waals surface area (Å²) in [5, 5.41) is 7.06. The predicted molar refractivity (Wildman–Crippen MR) is 121 cm³/mol. The second-order valence-electron chi connectivity index (χ2n) is 7.06. The van der Waals surface area contributed by atoms with E-state index in [1.54, 1.807) is 26.8 Å². The molecule has 2 N–H and O–H groups in total. The summed E-state index contributed by atoms with van der Waals surface area (Å²) in [5.74, 6) is 0.0640. The van der Waals surface area contributed by atoms with Crippen molar-refractivity contribution in [2.24, 2.45) is 0 Å². The van der Waals surface area contributed by atoms with E-state index in [0.717, 1.165) is 0 Å². The fraction of sp³-hybridized carbons (Fsp3) is 0.333. The third kappa shape index (κ3) is 4.78. The van der Waals surface area contributed by atoms with E-state index in [0.29, 0.717) is 36.7 Å². The number of aromatic nitrogens is 4. The Labute approximate surface area is 186 Å². The lowest BCUT2D eigenvalue weighted by molar-refractivity contribution is 0.102. The largest absolute Gasteiger partial charge is 0.306 e. The number of nitrogens with one attached hydrogen (secondary N) is 2. The smallest absolute Gasteiger partial charge is 0.256 e. The van der Waals surface area contributed by atoms with Gasteiger partial charge >= 0.3 is 0 Å². The van der Waals surface area contributed by atoms with Crippen LogP contribution in [0.3, 0.4) is 0 Å². The molecule has 2 aromatic heterocycles. The average Bonchev–Trinajstić information content (AvgIpc) is 3.14. The molecule has 1 aromatic carbocycles. The van der Waals surface area contributed by atoms with Gasteiger partial charge in [-0.3, -0.25) is 14.6 Å². The number of rotatable bonds is 8. The zero-order valence-corrected chi connectivity index (χ0v) is 19.2. The summed E-state index contributed by atoms with van der Waals surface area (Å²) in [4.78, 5) is 31.8. The van der Waals surface area contributed by atoms with E-state index in [1.165, 1.54) is 39.3 Å². The van der Waals surface area contributed by atoms with Gasteiger partial charge in [-0.15, -0.1) is 0 Å². The number of benzene rings is 1. The minimum Gasteiger partial charge on any atom is -0.306 e. The number of hydrogen-bond acceptors (Lipinski definition) is 6. The van der Waals surface area contributed by atoms with Gasteiger partial charge in [0, 0.05) is 36.5 Å². The maximum Gasteiger partial charge on any atom is 0.256 e. The number of hydrogen-bond donors (Lipinski definition) is 2. The lowest BCUT2D eigenvalue weighted by Crippen LogP contribution is -2.30. The van der Waals surface area contributed by atoms with Crippen molar-refractivity contribution in [1.29, 1.82) is 0 Å². The zero-order chi connectivity index (χ0) is 23.5. The van der Waals surface area contributed by atoms with Crippen LogP contribution in [0.4, 0.5) is 5.82 Å². The molecule has 0 bridgehead atoms. The maximum absolute atomic E-state index is 12.8. The third-order valence-electron chi connectivity index (χ3n) is 4.88. The van der Waals surface area contributed by atoms with Gasteiger partial charge in [0.2, 0.25) is 16.0 Å². The van der Waals surface area contributed by atoms with E-state index in [2.05, 4.69) is 20.4 Å². The molecule has 0 aliphatic heterocycles. The number of carbonyl (C=O) groups excluding carboxylic acids is 1. The Bertz CT molecular complexity index is 1270. The molecule has 0 spiro atoms. The maximum atomic E-state index is 12.8. The highest BCUT2D eigenvalue weighted by Crippen LogP contribution is 2.18. The Morgan fingerprint density at radius 2 is 1.78 bits per heavy atom. The van der Waals surface area contributed by atoms with Gasteiger partial charge in [-0.1, -0.05) is 20.8 Å². The van der Waals surface area contributed by atoms with Gasteiger partial charge in [0.1, 0.15) is 5.82 Å². The van der Waals surface area contributed by atoms with Crippen molar-refractivity contribution < 1.29 is 13.2 Å². The molecule has 170 valence electrons. The molecule has 0 fully saturated rings. The number of aryl methyl sites for hydroxylation is 2. The van der Waals surface area contributed by atoms with Crippen LogP contribution in [0.25, 0.3) is 5.95 Å². The Kier molecular flexibility index (Phi) is 6.90. The van der Waals surface area contributed by atoms with E-state index >= 15 is 0 Å². The minimum absolute atomic E-state index is 0.122. The normalized spacial score (nSPS) is 11.7. The molecule has 11 heteroatoms. The molecule has 0 aliphatic rings. The summed E-state index contributed by atoms with van der Waals surface area (Å²) < 4.78 is 28.0. The molecule has 3 rings (SSSR count). The zero-order valence-electron chi connectivity index (χ0n) is 18.4. The number of aromatic amines is 1. The van der Waals surface area contributed by atoms with E-state index < -0.39 is 15.9 Å². The molecule has 1 amide bonds. The van der Waals surface area contributed by atoms with Crippen LogP contribution in [-0.2, 0) is 16.4 Å². The molecular formula is C21H26N6O4S. The quantitative estimate of drug-likeness (QED) is 0.532. The summed E-state index contributed by atoms with van der Waals surface area (Å²) in [5.41, 5.74) is 1.17. The highest BCUT2D eigenvalue weighted by atomic mass is 32.2. The first-order chi connectivity index (χ1) is 15.2. The highest BCUT2D eigenvalue weighted by Gasteiger charge is 2.22. The number of sulfonamides is 1. The van der Waals surface area contributed by atoms with Crippen LogP contribution >= 0.6 is 0 Å². The van der Waals surface area contributed by atoms with Crippen LogP contribution in [0.1, 0.15) is 42.5 Å². The van der Waals surface area contributed by atoms with Crippen LogP contribution in [0, 0.1) is 6.92 Å². The van der Waals surface area contributed by atoms with Crippen molar-refractivity contribution in [3.8, 4) is 5.95 Å². The fourth-order valence-corrected chi connectivity index (χ4v) is 4.66. The van der Waals surface area contributed by atoms with Crippen molar-refractivity contribution in [3.05, 3.63) is 63.7 Å². The molecule has 32 heavy (non-hydrogen) atoms. The summed E-state index contributed by atoms with van der Waals surface area (Å²) in [6, 6.07) is 8.79. The average molecular weight is 459 g/mol. The molecule has 10 nitrogen and oxygen atoms in total. The van der Waals surface area contributed by atoms with E-state index in [-0.39, 0.29) is 22.0 Å². The van der Waals surface area contributed by atoms with Crippen LogP contribution in [0.15, 0.2) is 46.1 Å². The Morgan fingerprint density at radius 1 is 1.12 bits per heavy atom. The number of anilines is 1.